The molecule has 5 rings (SSSR count). The minimum Gasteiger partial charge on any atom is -0.490 e. The molecule has 0 saturated heterocycles. The summed E-state index contributed by atoms with van der Waals surface area (Å²) < 4.78 is 100. The first-order valence-corrected chi connectivity index (χ1v) is 17.9. The minimum absolute atomic E-state index is 0.0111. The highest BCUT2D eigenvalue weighted by atomic mass is 19.2. The summed E-state index contributed by atoms with van der Waals surface area (Å²) in [6.07, 6.45) is 12.3. The molecule has 0 atom stereocenters. The number of hydrogen-bond acceptors (Lipinski definition) is 2. The Balaban J connectivity index is 1.10. The molecule has 0 aromatic heterocycles. The predicted molar refractivity (Wildman–Crippen MR) is 178 cm³/mol. The first kappa shape index (κ1) is 36.1. The molecule has 0 radical (unpaired) electrons. The lowest BCUT2D eigenvalue weighted by Gasteiger charge is -2.32. The average Bonchev–Trinajstić information content (AvgIpc) is 3.10. The molecule has 2 fully saturated rings. The topological polar surface area (TPSA) is 18.5 Å². The molecule has 0 amide bonds. The van der Waals surface area contributed by atoms with Crippen LogP contribution >= 0.6 is 0 Å². The quantitative estimate of drug-likeness (QED) is 0.125. The maximum absolute atomic E-state index is 15.4. The normalized spacial score (nSPS) is 21.3. The van der Waals surface area contributed by atoms with Gasteiger partial charge in [-0.3, -0.25) is 0 Å². The molecule has 3 aromatic rings. The van der Waals surface area contributed by atoms with E-state index >= 15 is 8.78 Å². The molecule has 2 aliphatic rings. The van der Waals surface area contributed by atoms with E-state index in [-0.39, 0.29) is 46.6 Å². The van der Waals surface area contributed by atoms with Gasteiger partial charge in [-0.1, -0.05) is 57.7 Å². The van der Waals surface area contributed by atoms with Crippen LogP contribution in [0.25, 0.3) is 11.1 Å². The van der Waals surface area contributed by atoms with Crippen molar-refractivity contribution in [1.82, 2.24) is 0 Å². The number of halogens is 6. The van der Waals surface area contributed by atoms with Gasteiger partial charge in [0, 0.05) is 11.1 Å². The van der Waals surface area contributed by atoms with E-state index in [9.17, 15) is 17.6 Å². The van der Waals surface area contributed by atoms with Crippen molar-refractivity contribution < 1.29 is 35.8 Å². The maximum Gasteiger partial charge on any atom is 0.201 e. The Labute approximate surface area is 281 Å². The molecule has 2 nitrogen and oxygen atoms in total. The molecule has 0 N–H and O–H groups in total. The van der Waals surface area contributed by atoms with Gasteiger partial charge >= 0.3 is 0 Å². The largest absolute Gasteiger partial charge is 0.490 e. The fourth-order valence-electron chi connectivity index (χ4n) is 7.56. The lowest BCUT2D eigenvalue weighted by atomic mass is 9.73. The summed E-state index contributed by atoms with van der Waals surface area (Å²) in [6, 6.07) is 8.60. The van der Waals surface area contributed by atoms with Gasteiger partial charge in [0.05, 0.1) is 13.2 Å². The summed E-state index contributed by atoms with van der Waals surface area (Å²) in [4.78, 5) is 0. The molecular weight excluding hydrogens is 626 g/mol. The van der Waals surface area contributed by atoms with Crippen LogP contribution in [-0.4, -0.2) is 13.2 Å². The van der Waals surface area contributed by atoms with Crippen LogP contribution in [0.15, 0.2) is 36.4 Å². The van der Waals surface area contributed by atoms with E-state index in [2.05, 4.69) is 0 Å². The first-order chi connectivity index (χ1) is 23.2. The molecule has 0 aliphatic heterocycles. The lowest BCUT2D eigenvalue weighted by molar-refractivity contribution is 0.248. The van der Waals surface area contributed by atoms with Crippen molar-refractivity contribution in [3.8, 4) is 22.6 Å². The van der Waals surface area contributed by atoms with Crippen LogP contribution in [0.1, 0.15) is 127 Å². The SMILES string of the molecule is CCCCOc1ccc(-c2ccc(C3CCC(CCC4CCC(c5ccc(OCCCC)c(F)c5F)CC4)CC3)c(F)c2F)c(F)c1F. The molecule has 0 unspecified atom stereocenters. The van der Waals surface area contributed by atoms with Crippen LogP contribution in [0.5, 0.6) is 11.5 Å². The second kappa shape index (κ2) is 17.0. The van der Waals surface area contributed by atoms with Gasteiger partial charge in [0.15, 0.2) is 34.8 Å². The smallest absolute Gasteiger partial charge is 0.201 e. The van der Waals surface area contributed by atoms with Gasteiger partial charge in [-0.2, -0.15) is 8.78 Å². The van der Waals surface area contributed by atoms with Gasteiger partial charge in [0.1, 0.15) is 0 Å². The van der Waals surface area contributed by atoms with Crippen molar-refractivity contribution in [3.05, 3.63) is 82.4 Å². The third-order valence-corrected chi connectivity index (χ3v) is 10.6. The van der Waals surface area contributed by atoms with E-state index in [4.69, 9.17) is 9.47 Å². The third kappa shape index (κ3) is 8.34. The van der Waals surface area contributed by atoms with Crippen molar-refractivity contribution >= 4 is 0 Å². The zero-order valence-electron chi connectivity index (χ0n) is 28.2. The number of hydrogen-bond donors (Lipinski definition) is 0. The molecule has 8 heteroatoms. The Morgan fingerprint density at radius 2 is 0.854 bits per heavy atom. The van der Waals surface area contributed by atoms with Crippen molar-refractivity contribution in [2.24, 2.45) is 11.8 Å². The van der Waals surface area contributed by atoms with E-state index in [0.717, 1.165) is 83.5 Å². The third-order valence-electron chi connectivity index (χ3n) is 10.6. The summed E-state index contributed by atoms with van der Waals surface area (Å²) in [7, 11) is 0. The Morgan fingerprint density at radius 1 is 0.479 bits per heavy atom. The Bertz CT molecular complexity index is 1510. The van der Waals surface area contributed by atoms with Crippen molar-refractivity contribution in [2.75, 3.05) is 13.2 Å². The van der Waals surface area contributed by atoms with E-state index in [1.54, 1.807) is 12.1 Å². The van der Waals surface area contributed by atoms with Crippen molar-refractivity contribution in [1.29, 1.82) is 0 Å². The predicted octanol–water partition coefficient (Wildman–Crippen LogP) is 12.6. The zero-order valence-corrected chi connectivity index (χ0v) is 28.2. The number of rotatable bonds is 14. The molecule has 0 heterocycles. The summed E-state index contributed by atoms with van der Waals surface area (Å²) in [6.45, 7) is 4.58. The van der Waals surface area contributed by atoms with Crippen LogP contribution < -0.4 is 9.47 Å². The first-order valence-electron chi connectivity index (χ1n) is 17.9. The molecule has 262 valence electrons. The number of unbranched alkanes of at least 4 members (excludes halogenated alkanes) is 2. The monoisotopic (exact) mass is 674 g/mol. The van der Waals surface area contributed by atoms with Gasteiger partial charge in [-0.15, -0.1) is 0 Å². The summed E-state index contributed by atoms with van der Waals surface area (Å²) in [5.74, 6) is -5.61. The van der Waals surface area contributed by atoms with Crippen molar-refractivity contribution in [2.45, 2.75) is 116 Å². The highest BCUT2D eigenvalue weighted by molar-refractivity contribution is 5.66. The van der Waals surface area contributed by atoms with Crippen LogP contribution in [0.3, 0.4) is 0 Å². The van der Waals surface area contributed by atoms with E-state index in [1.165, 1.54) is 24.3 Å². The number of benzene rings is 3. The molecule has 3 aromatic carbocycles. The van der Waals surface area contributed by atoms with Gasteiger partial charge in [0.2, 0.25) is 11.6 Å². The Morgan fingerprint density at radius 3 is 1.33 bits per heavy atom. The highest BCUT2D eigenvalue weighted by Gasteiger charge is 2.30. The molecular formula is C40H48F6O2. The van der Waals surface area contributed by atoms with Crippen LogP contribution in [0.2, 0.25) is 0 Å². The van der Waals surface area contributed by atoms with Crippen LogP contribution in [-0.2, 0) is 0 Å². The standard InChI is InChI=1S/C40H48F6O2/c1-3-5-23-47-33-21-19-30(36(42)39(33)45)28-15-11-26(12-16-28)8-7-25-9-13-27(14-10-25)29-17-18-31(37(43)35(29)41)32-20-22-34(40(46)38(32)44)48-24-6-4-2/h17-22,25-28H,3-16,23-24H2,1-2H3. The lowest BCUT2D eigenvalue weighted by Crippen LogP contribution is -2.18. The Kier molecular flexibility index (Phi) is 12.8. The van der Waals surface area contributed by atoms with E-state index in [0.29, 0.717) is 30.4 Å². The zero-order chi connectivity index (χ0) is 34.2. The van der Waals surface area contributed by atoms with Gasteiger partial charge in [-0.25, -0.2) is 17.6 Å². The molecule has 0 spiro atoms. The number of ether oxygens (including phenoxy) is 2. The molecule has 0 bridgehead atoms. The molecule has 48 heavy (non-hydrogen) atoms. The minimum atomic E-state index is -1.26. The maximum atomic E-state index is 15.4. The van der Waals surface area contributed by atoms with Crippen molar-refractivity contribution in [3.63, 3.8) is 0 Å². The van der Waals surface area contributed by atoms with E-state index < -0.39 is 34.9 Å². The van der Waals surface area contributed by atoms with E-state index in [1.807, 2.05) is 13.8 Å². The van der Waals surface area contributed by atoms with Crippen LogP contribution in [0, 0.1) is 46.7 Å². The van der Waals surface area contributed by atoms with Gasteiger partial charge in [0.25, 0.3) is 0 Å². The second-order valence-corrected chi connectivity index (χ2v) is 13.8. The van der Waals surface area contributed by atoms with Gasteiger partial charge < -0.3 is 9.47 Å². The van der Waals surface area contributed by atoms with Crippen LogP contribution in [0.4, 0.5) is 26.3 Å². The molecule has 2 saturated carbocycles. The fourth-order valence-corrected chi connectivity index (χ4v) is 7.56. The second-order valence-electron chi connectivity index (χ2n) is 13.8. The summed E-state index contributed by atoms with van der Waals surface area (Å²) in [5, 5.41) is 0. The summed E-state index contributed by atoms with van der Waals surface area (Å²) in [5.41, 5.74) is 0.0974. The Hall–Kier alpha value is -3.16. The summed E-state index contributed by atoms with van der Waals surface area (Å²) >= 11 is 0. The fraction of sp³-hybridized carbons (Fsp3) is 0.550. The highest BCUT2D eigenvalue weighted by Crippen LogP contribution is 2.44. The molecule has 2 aliphatic carbocycles. The van der Waals surface area contributed by atoms with Gasteiger partial charge in [-0.05, 0) is 117 Å². The average molecular weight is 675 g/mol.